The number of aliphatic imine (C=N–C) groups is 1. The van der Waals surface area contributed by atoms with E-state index < -0.39 is 8.32 Å². The summed E-state index contributed by atoms with van der Waals surface area (Å²) in [6.07, 6.45) is 7.43. The van der Waals surface area contributed by atoms with E-state index in [-0.39, 0.29) is 5.04 Å². The smallest absolute Gasteiger partial charge is 0.192 e. The van der Waals surface area contributed by atoms with Gasteiger partial charge in [-0.15, -0.1) is 0 Å². The predicted octanol–water partition coefficient (Wildman–Crippen LogP) is 4.41. The average Bonchev–Trinajstić information content (AvgIpc) is 3.15. The van der Waals surface area contributed by atoms with Crippen LogP contribution in [0.3, 0.4) is 0 Å². The number of pyridine rings is 1. The van der Waals surface area contributed by atoms with Gasteiger partial charge in [-0.25, -0.2) is 0 Å². The zero-order valence-electron chi connectivity index (χ0n) is 15.7. The fraction of sp³-hybridized carbons (Fsp3) is 0.684. The van der Waals surface area contributed by atoms with Crippen LogP contribution in [-0.4, -0.2) is 43.2 Å². The topological polar surface area (TPSA) is 37.7 Å². The van der Waals surface area contributed by atoms with Crippen molar-refractivity contribution in [1.29, 1.82) is 0 Å². The van der Waals surface area contributed by atoms with Gasteiger partial charge in [-0.2, -0.15) is 0 Å². The molecule has 0 aliphatic carbocycles. The summed E-state index contributed by atoms with van der Waals surface area (Å²) < 4.78 is 6.73. The SMILES string of the molecule is CC(C)(C)[Si](C)(C)O[C@@H]1C[C@@H](c2ccncc2)N(C2=NCCC2)C1. The van der Waals surface area contributed by atoms with E-state index in [1.807, 2.05) is 12.4 Å². The van der Waals surface area contributed by atoms with Gasteiger partial charge in [-0.05, 0) is 48.7 Å². The largest absolute Gasteiger partial charge is 0.412 e. The molecule has 0 saturated carbocycles. The van der Waals surface area contributed by atoms with Gasteiger partial charge in [-0.1, -0.05) is 20.8 Å². The number of aromatic nitrogens is 1. The molecule has 5 heteroatoms. The summed E-state index contributed by atoms with van der Waals surface area (Å²) >= 11 is 0. The maximum absolute atomic E-state index is 6.73. The summed E-state index contributed by atoms with van der Waals surface area (Å²) in [6, 6.07) is 4.66. The van der Waals surface area contributed by atoms with Crippen LogP contribution in [-0.2, 0) is 4.43 Å². The molecule has 3 heterocycles. The van der Waals surface area contributed by atoms with Gasteiger partial charge < -0.3 is 9.33 Å². The van der Waals surface area contributed by atoms with Crippen LogP contribution in [0.5, 0.6) is 0 Å². The fourth-order valence-corrected chi connectivity index (χ4v) is 4.78. The van der Waals surface area contributed by atoms with Gasteiger partial charge in [0.25, 0.3) is 0 Å². The Balaban J connectivity index is 1.80. The van der Waals surface area contributed by atoms with Gasteiger partial charge in [0.05, 0.1) is 18.0 Å². The molecular formula is C19H31N3OSi. The third-order valence-electron chi connectivity index (χ3n) is 5.81. The van der Waals surface area contributed by atoms with E-state index in [1.165, 1.54) is 17.8 Å². The molecule has 1 saturated heterocycles. The van der Waals surface area contributed by atoms with E-state index in [0.29, 0.717) is 12.1 Å². The first-order chi connectivity index (χ1) is 11.3. The van der Waals surface area contributed by atoms with Crippen molar-refractivity contribution in [1.82, 2.24) is 9.88 Å². The summed E-state index contributed by atoms with van der Waals surface area (Å²) in [5, 5.41) is 0.247. The van der Waals surface area contributed by atoms with Crippen molar-refractivity contribution in [3.05, 3.63) is 30.1 Å². The molecule has 0 aromatic carbocycles. The Morgan fingerprint density at radius 1 is 1.21 bits per heavy atom. The minimum atomic E-state index is -1.75. The first-order valence-corrected chi connectivity index (χ1v) is 12.1. The molecule has 1 aromatic rings. The highest BCUT2D eigenvalue weighted by atomic mass is 28.4. The second-order valence-electron chi connectivity index (χ2n) is 8.59. The molecule has 0 unspecified atom stereocenters. The van der Waals surface area contributed by atoms with E-state index in [4.69, 9.17) is 9.42 Å². The number of hydrogen-bond donors (Lipinski definition) is 0. The number of rotatable bonds is 3. The molecule has 3 rings (SSSR count). The van der Waals surface area contributed by atoms with Crippen molar-refractivity contribution in [2.75, 3.05) is 13.1 Å². The Bertz CT molecular complexity index is 594. The lowest BCUT2D eigenvalue weighted by atomic mass is 10.1. The number of amidine groups is 1. The molecule has 132 valence electrons. The van der Waals surface area contributed by atoms with E-state index in [0.717, 1.165) is 25.9 Å². The Kier molecular flexibility index (Phi) is 4.84. The molecule has 0 bridgehead atoms. The van der Waals surface area contributed by atoms with Crippen LogP contribution in [0.2, 0.25) is 18.1 Å². The molecular weight excluding hydrogens is 314 g/mol. The Morgan fingerprint density at radius 2 is 1.92 bits per heavy atom. The van der Waals surface area contributed by atoms with E-state index in [2.05, 4.69) is 55.9 Å². The molecule has 2 atom stereocenters. The standard InChI is InChI=1S/C19H31N3OSi/c1-19(2,3)24(4,5)23-16-13-17(15-8-11-20-12-9-15)22(14-16)18-7-6-10-21-18/h8-9,11-12,16-17H,6-7,10,13-14H2,1-5H3/t16-,17+/m1/s1. The minimum absolute atomic E-state index is 0.247. The van der Waals surface area contributed by atoms with Crippen LogP contribution in [0.15, 0.2) is 29.5 Å². The van der Waals surface area contributed by atoms with Crippen LogP contribution in [0, 0.1) is 0 Å². The maximum atomic E-state index is 6.73. The number of nitrogens with zero attached hydrogens (tertiary/aromatic N) is 3. The molecule has 4 nitrogen and oxygen atoms in total. The van der Waals surface area contributed by atoms with Gasteiger partial charge in [0.2, 0.25) is 0 Å². The van der Waals surface area contributed by atoms with Crippen molar-refractivity contribution in [2.24, 2.45) is 4.99 Å². The third-order valence-corrected chi connectivity index (χ3v) is 10.3. The lowest BCUT2D eigenvalue weighted by Gasteiger charge is -2.38. The third kappa shape index (κ3) is 3.57. The molecule has 1 fully saturated rings. The summed E-state index contributed by atoms with van der Waals surface area (Å²) in [6.45, 7) is 13.6. The zero-order valence-corrected chi connectivity index (χ0v) is 16.7. The molecule has 24 heavy (non-hydrogen) atoms. The minimum Gasteiger partial charge on any atom is -0.412 e. The van der Waals surface area contributed by atoms with Crippen LogP contribution >= 0.6 is 0 Å². The monoisotopic (exact) mass is 345 g/mol. The number of likely N-dealkylation sites (tertiary alicyclic amines) is 1. The van der Waals surface area contributed by atoms with Gasteiger partial charge >= 0.3 is 0 Å². The van der Waals surface area contributed by atoms with Gasteiger partial charge in [0.15, 0.2) is 8.32 Å². The predicted molar refractivity (Wildman–Crippen MR) is 102 cm³/mol. The summed E-state index contributed by atoms with van der Waals surface area (Å²) in [5.41, 5.74) is 1.33. The molecule has 0 N–H and O–H groups in total. The van der Waals surface area contributed by atoms with Crippen molar-refractivity contribution in [2.45, 2.75) is 70.3 Å². The van der Waals surface area contributed by atoms with Crippen LogP contribution < -0.4 is 0 Å². The van der Waals surface area contributed by atoms with Crippen molar-refractivity contribution in [3.8, 4) is 0 Å². The average molecular weight is 346 g/mol. The van der Waals surface area contributed by atoms with Crippen LogP contribution in [0.1, 0.15) is 51.6 Å². The Morgan fingerprint density at radius 3 is 2.50 bits per heavy atom. The molecule has 0 amide bonds. The second kappa shape index (κ2) is 6.60. The molecule has 2 aliphatic heterocycles. The Hall–Kier alpha value is -1.20. The maximum Gasteiger partial charge on any atom is 0.192 e. The Labute approximate surface area is 147 Å². The van der Waals surface area contributed by atoms with Crippen molar-refractivity contribution >= 4 is 14.2 Å². The van der Waals surface area contributed by atoms with E-state index in [9.17, 15) is 0 Å². The highest BCUT2D eigenvalue weighted by Crippen LogP contribution is 2.41. The molecule has 1 aromatic heterocycles. The lowest BCUT2D eigenvalue weighted by Crippen LogP contribution is -2.44. The molecule has 2 aliphatic rings. The summed E-state index contributed by atoms with van der Waals surface area (Å²) in [4.78, 5) is 11.4. The second-order valence-corrected chi connectivity index (χ2v) is 13.3. The molecule has 0 radical (unpaired) electrons. The van der Waals surface area contributed by atoms with Gasteiger partial charge in [0.1, 0.15) is 0 Å². The van der Waals surface area contributed by atoms with Crippen LogP contribution in [0.25, 0.3) is 0 Å². The van der Waals surface area contributed by atoms with E-state index in [1.54, 1.807) is 0 Å². The molecule has 0 spiro atoms. The normalized spacial score (nSPS) is 25.2. The van der Waals surface area contributed by atoms with Crippen LogP contribution in [0.4, 0.5) is 0 Å². The first-order valence-electron chi connectivity index (χ1n) is 9.16. The quantitative estimate of drug-likeness (QED) is 0.762. The highest BCUT2D eigenvalue weighted by Gasteiger charge is 2.43. The van der Waals surface area contributed by atoms with E-state index >= 15 is 0 Å². The summed E-state index contributed by atoms with van der Waals surface area (Å²) in [7, 11) is -1.75. The highest BCUT2D eigenvalue weighted by molar-refractivity contribution is 6.74. The zero-order chi connectivity index (χ0) is 17.4. The van der Waals surface area contributed by atoms with Gasteiger partial charge in [0, 0.05) is 31.9 Å². The van der Waals surface area contributed by atoms with Gasteiger partial charge in [-0.3, -0.25) is 9.98 Å². The first kappa shape index (κ1) is 17.6. The lowest BCUT2D eigenvalue weighted by molar-refractivity contribution is 0.192. The fourth-order valence-electron chi connectivity index (χ4n) is 3.42. The van der Waals surface area contributed by atoms with Crippen molar-refractivity contribution < 1.29 is 4.43 Å². The number of hydrogen-bond acceptors (Lipinski definition) is 4. The van der Waals surface area contributed by atoms with Crippen molar-refractivity contribution in [3.63, 3.8) is 0 Å². The summed E-state index contributed by atoms with van der Waals surface area (Å²) in [5.74, 6) is 1.28.